The molecule has 22 heavy (non-hydrogen) atoms. The number of aryl methyl sites for hydroxylation is 1. The highest BCUT2D eigenvalue weighted by molar-refractivity contribution is 5.94. The molecule has 6 heteroatoms. The molecule has 1 rings (SSSR count). The summed E-state index contributed by atoms with van der Waals surface area (Å²) in [6.45, 7) is 6.11. The first kappa shape index (κ1) is 17.7. The second-order valence-electron chi connectivity index (χ2n) is 4.91. The summed E-state index contributed by atoms with van der Waals surface area (Å²) in [5.41, 5.74) is 4.83. The molecule has 0 aliphatic carbocycles. The lowest BCUT2D eigenvalue weighted by molar-refractivity contribution is -0.113. The van der Waals surface area contributed by atoms with Crippen LogP contribution in [0.15, 0.2) is 23.3 Å². The van der Waals surface area contributed by atoms with Crippen LogP contribution in [0.5, 0.6) is 5.75 Å². The van der Waals surface area contributed by atoms with E-state index in [1.165, 1.54) is 0 Å². The number of hydrazone groups is 1. The lowest BCUT2D eigenvalue weighted by Crippen LogP contribution is -2.24. The molecule has 0 aliphatic heterocycles. The van der Waals surface area contributed by atoms with E-state index in [4.69, 9.17) is 4.74 Å². The lowest BCUT2D eigenvalue weighted by Gasteiger charge is -2.16. The molecule has 1 aromatic rings. The fourth-order valence-electron chi connectivity index (χ4n) is 1.99. The smallest absolute Gasteiger partial charge is 0.251 e. The molecule has 1 amide bonds. The van der Waals surface area contributed by atoms with Gasteiger partial charge < -0.3 is 15.5 Å². The van der Waals surface area contributed by atoms with Crippen molar-refractivity contribution in [3.63, 3.8) is 0 Å². The maximum Gasteiger partial charge on any atom is 0.251 e. The van der Waals surface area contributed by atoms with E-state index in [2.05, 4.69) is 15.8 Å². The van der Waals surface area contributed by atoms with Crippen molar-refractivity contribution in [1.82, 2.24) is 10.7 Å². The van der Waals surface area contributed by atoms with Crippen LogP contribution >= 0.6 is 0 Å². The zero-order chi connectivity index (χ0) is 16.5. The number of benzene rings is 1. The summed E-state index contributed by atoms with van der Waals surface area (Å²) in [6.07, 6.45) is 0.555. The van der Waals surface area contributed by atoms with Crippen molar-refractivity contribution in [1.29, 1.82) is 0 Å². The number of hydrogen-bond acceptors (Lipinski definition) is 5. The average molecular weight is 305 g/mol. The van der Waals surface area contributed by atoms with Crippen molar-refractivity contribution in [2.75, 3.05) is 13.6 Å². The van der Waals surface area contributed by atoms with Crippen LogP contribution in [0.25, 0.3) is 0 Å². The van der Waals surface area contributed by atoms with E-state index in [0.717, 1.165) is 17.6 Å². The molecule has 1 unspecified atom stereocenters. The molecule has 1 aromatic carbocycles. The van der Waals surface area contributed by atoms with Crippen LogP contribution in [0.1, 0.15) is 36.2 Å². The number of rotatable bonds is 8. The van der Waals surface area contributed by atoms with Crippen LogP contribution in [0.3, 0.4) is 0 Å². The molecule has 0 heterocycles. The Morgan fingerprint density at radius 2 is 2.18 bits per heavy atom. The van der Waals surface area contributed by atoms with E-state index in [1.807, 2.05) is 20.8 Å². The molecule has 1 atom stereocenters. The van der Waals surface area contributed by atoms with Gasteiger partial charge in [-0.1, -0.05) is 0 Å². The number of amides is 1. The van der Waals surface area contributed by atoms with Crippen LogP contribution < -0.4 is 15.5 Å². The molecule has 2 N–H and O–H groups in total. The summed E-state index contributed by atoms with van der Waals surface area (Å²) in [6, 6.07) is 5.14. The number of hydrogen-bond donors (Lipinski definition) is 2. The Bertz CT molecular complexity index is 556. The Morgan fingerprint density at radius 3 is 2.73 bits per heavy atom. The molecule has 120 valence electrons. The molecule has 0 spiro atoms. The zero-order valence-corrected chi connectivity index (χ0v) is 13.5. The minimum absolute atomic E-state index is 0.124. The van der Waals surface area contributed by atoms with Crippen LogP contribution in [0, 0.1) is 6.92 Å². The number of ether oxygens (including phenoxy) is 1. The van der Waals surface area contributed by atoms with Gasteiger partial charge in [-0.15, -0.1) is 0 Å². The highest BCUT2D eigenvalue weighted by atomic mass is 16.5. The van der Waals surface area contributed by atoms with Gasteiger partial charge in [-0.2, -0.15) is 5.10 Å². The van der Waals surface area contributed by atoms with Crippen molar-refractivity contribution >= 4 is 17.9 Å². The average Bonchev–Trinajstić information content (AvgIpc) is 2.48. The molecule has 0 bridgehead atoms. The van der Waals surface area contributed by atoms with Gasteiger partial charge in [0, 0.05) is 31.3 Å². The predicted molar refractivity (Wildman–Crippen MR) is 86.5 cm³/mol. The van der Waals surface area contributed by atoms with Crippen molar-refractivity contribution in [3.05, 3.63) is 29.3 Å². The Labute approximate surface area is 130 Å². The Balaban J connectivity index is 2.82. The highest BCUT2D eigenvalue weighted by Crippen LogP contribution is 2.21. The van der Waals surface area contributed by atoms with Gasteiger partial charge in [-0.05, 0) is 44.5 Å². The van der Waals surface area contributed by atoms with Crippen LogP contribution in [0.4, 0.5) is 0 Å². The van der Waals surface area contributed by atoms with E-state index < -0.39 is 6.10 Å². The minimum Gasteiger partial charge on any atom is -0.482 e. The van der Waals surface area contributed by atoms with Gasteiger partial charge >= 0.3 is 0 Å². The Morgan fingerprint density at radius 1 is 1.45 bits per heavy atom. The van der Waals surface area contributed by atoms with Crippen LogP contribution in [-0.2, 0) is 4.79 Å². The number of carbonyl (C=O) groups is 2. The molecule has 0 aromatic heterocycles. The summed E-state index contributed by atoms with van der Waals surface area (Å²) in [4.78, 5) is 22.9. The third-order valence-electron chi connectivity index (χ3n) is 3.00. The van der Waals surface area contributed by atoms with E-state index in [-0.39, 0.29) is 5.91 Å². The Kier molecular flexibility index (Phi) is 7.08. The quantitative estimate of drug-likeness (QED) is 0.435. The number of nitrogens with one attached hydrogen (secondary N) is 2. The third-order valence-corrected chi connectivity index (χ3v) is 3.00. The summed E-state index contributed by atoms with van der Waals surface area (Å²) in [7, 11) is 1.70. The van der Waals surface area contributed by atoms with Gasteiger partial charge in [0.25, 0.3) is 5.91 Å². The molecule has 0 saturated carbocycles. The monoisotopic (exact) mass is 305 g/mol. The van der Waals surface area contributed by atoms with Crippen molar-refractivity contribution in [2.24, 2.45) is 5.10 Å². The number of nitrogens with zero attached hydrogens (tertiary/aromatic N) is 1. The van der Waals surface area contributed by atoms with Gasteiger partial charge in [0.1, 0.15) is 5.75 Å². The maximum absolute atomic E-state index is 11.8. The van der Waals surface area contributed by atoms with Crippen LogP contribution in [0.2, 0.25) is 0 Å². The summed E-state index contributed by atoms with van der Waals surface area (Å²) in [5.74, 6) is 0.462. The van der Waals surface area contributed by atoms with Gasteiger partial charge in [-0.3, -0.25) is 9.59 Å². The molecule has 0 radical (unpaired) electrons. The maximum atomic E-state index is 11.8. The van der Waals surface area contributed by atoms with Gasteiger partial charge in [0.05, 0.1) is 0 Å². The van der Waals surface area contributed by atoms with Crippen molar-refractivity contribution < 1.29 is 14.3 Å². The zero-order valence-electron chi connectivity index (χ0n) is 13.5. The molecular formula is C16H23N3O3. The second kappa shape index (κ2) is 8.81. The van der Waals surface area contributed by atoms with Crippen molar-refractivity contribution in [3.8, 4) is 5.75 Å². The molecule has 6 nitrogen and oxygen atoms in total. The molecular weight excluding hydrogens is 282 g/mol. The Hall–Kier alpha value is -2.37. The third kappa shape index (κ3) is 5.20. The predicted octanol–water partition coefficient (Wildman–Crippen LogP) is 1.68. The number of carbonyl (C=O) groups excluding carboxylic acids is 2. The largest absolute Gasteiger partial charge is 0.482 e. The number of aldehydes is 1. The van der Waals surface area contributed by atoms with Gasteiger partial charge in [-0.25, -0.2) is 0 Å². The van der Waals surface area contributed by atoms with Crippen LogP contribution in [-0.4, -0.2) is 37.6 Å². The fourth-order valence-corrected chi connectivity index (χ4v) is 1.99. The molecule has 0 saturated heterocycles. The second-order valence-corrected chi connectivity index (χ2v) is 4.91. The van der Waals surface area contributed by atoms with E-state index in [0.29, 0.717) is 24.3 Å². The van der Waals surface area contributed by atoms with E-state index in [9.17, 15) is 9.59 Å². The standard InChI is InChI=1S/C16H23N3O3/c1-5-18-16(21)13-6-7-15(11(2)8-13)22-14(10-20)9-12(3)19-17-4/h6-8,10,14,17H,5,9H2,1-4H3,(H,18,21)/b19-12-. The molecule has 0 fully saturated rings. The summed E-state index contributed by atoms with van der Waals surface area (Å²) in [5, 5.41) is 6.75. The topological polar surface area (TPSA) is 79.8 Å². The fraction of sp³-hybridized carbons (Fsp3) is 0.438. The highest BCUT2D eigenvalue weighted by Gasteiger charge is 2.14. The molecule has 0 aliphatic rings. The lowest BCUT2D eigenvalue weighted by atomic mass is 10.1. The first-order valence-corrected chi connectivity index (χ1v) is 7.22. The summed E-state index contributed by atoms with van der Waals surface area (Å²) >= 11 is 0. The minimum atomic E-state index is -0.605. The first-order chi connectivity index (χ1) is 10.5. The first-order valence-electron chi connectivity index (χ1n) is 7.22. The van der Waals surface area contributed by atoms with Crippen molar-refractivity contribution in [2.45, 2.75) is 33.3 Å². The SMILES string of the molecule is CCNC(=O)c1ccc(OC(C=O)C/C(C)=N\NC)c(C)c1. The normalized spacial score (nSPS) is 12.5. The van der Waals surface area contributed by atoms with E-state index >= 15 is 0 Å². The summed E-state index contributed by atoms with van der Waals surface area (Å²) < 4.78 is 5.70. The van der Waals surface area contributed by atoms with E-state index in [1.54, 1.807) is 25.2 Å². The van der Waals surface area contributed by atoms with Gasteiger partial charge in [0.2, 0.25) is 0 Å². The van der Waals surface area contributed by atoms with Gasteiger partial charge in [0.15, 0.2) is 12.4 Å².